The number of fused-ring (bicyclic) bond motifs is 2. The quantitative estimate of drug-likeness (QED) is 0.493. The van der Waals surface area contributed by atoms with Gasteiger partial charge in [-0.15, -0.1) is 0 Å². The van der Waals surface area contributed by atoms with Gasteiger partial charge in [-0.25, -0.2) is 9.78 Å². The first-order chi connectivity index (χ1) is 14.8. The number of carbonyl (C=O) groups is 2. The van der Waals surface area contributed by atoms with E-state index in [0.717, 1.165) is 51.6 Å². The highest BCUT2D eigenvalue weighted by atomic mass is 17.3. The summed E-state index contributed by atoms with van der Waals surface area (Å²) in [6, 6.07) is 0. The number of likely N-dealkylation sites (tertiary alicyclic amines) is 1. The Morgan fingerprint density at radius 3 is 2.58 bits per heavy atom. The van der Waals surface area contributed by atoms with Crippen molar-refractivity contribution in [2.24, 2.45) is 23.7 Å². The second kappa shape index (κ2) is 7.97. The van der Waals surface area contributed by atoms with E-state index in [1.165, 1.54) is 0 Å². The molecule has 6 fully saturated rings. The Morgan fingerprint density at radius 2 is 1.81 bits per heavy atom. The van der Waals surface area contributed by atoms with Gasteiger partial charge in [-0.2, -0.15) is 0 Å². The van der Waals surface area contributed by atoms with Crippen LogP contribution in [0.15, 0.2) is 0 Å². The molecule has 1 spiro atoms. The van der Waals surface area contributed by atoms with Gasteiger partial charge in [0.2, 0.25) is 18.0 Å². The summed E-state index contributed by atoms with van der Waals surface area (Å²) in [5.74, 6) is -0.412. The molecule has 5 saturated heterocycles. The van der Waals surface area contributed by atoms with Gasteiger partial charge in [0.25, 0.3) is 0 Å². The predicted octanol–water partition coefficient (Wildman–Crippen LogP) is 3.14. The van der Waals surface area contributed by atoms with Crippen LogP contribution in [0.1, 0.15) is 72.1 Å². The summed E-state index contributed by atoms with van der Waals surface area (Å²) in [4.78, 5) is 38.6. The van der Waals surface area contributed by atoms with E-state index in [4.69, 9.17) is 24.0 Å². The van der Waals surface area contributed by atoms with Crippen LogP contribution in [0.2, 0.25) is 0 Å². The lowest BCUT2D eigenvalue weighted by Gasteiger charge is -2.59. The summed E-state index contributed by atoms with van der Waals surface area (Å²) < 4.78 is 18.3. The maximum atomic E-state index is 12.6. The molecule has 0 aromatic heterocycles. The van der Waals surface area contributed by atoms with Crippen LogP contribution in [0, 0.1) is 23.7 Å². The molecular weight excluding hydrogens is 402 g/mol. The highest BCUT2D eigenvalue weighted by Gasteiger charge is 2.69. The average molecular weight is 438 g/mol. The first-order valence-corrected chi connectivity index (χ1v) is 12.0. The van der Waals surface area contributed by atoms with Gasteiger partial charge in [-0.3, -0.25) is 9.59 Å². The predicted molar refractivity (Wildman–Crippen MR) is 108 cm³/mol. The van der Waals surface area contributed by atoms with E-state index < -0.39 is 29.9 Å². The van der Waals surface area contributed by atoms with Gasteiger partial charge >= 0.3 is 5.97 Å². The summed E-state index contributed by atoms with van der Waals surface area (Å²) in [6.07, 6.45) is 4.74. The molecule has 5 heterocycles. The van der Waals surface area contributed by atoms with Gasteiger partial charge in [0.05, 0.1) is 6.42 Å². The summed E-state index contributed by atoms with van der Waals surface area (Å²) in [6.45, 7) is 7.78. The molecule has 1 aliphatic carbocycles. The minimum absolute atomic E-state index is 0.0259. The summed E-state index contributed by atoms with van der Waals surface area (Å²) in [5, 5.41) is 0. The van der Waals surface area contributed by atoms with Gasteiger partial charge < -0.3 is 19.1 Å². The molecule has 174 valence electrons. The summed E-state index contributed by atoms with van der Waals surface area (Å²) >= 11 is 0. The van der Waals surface area contributed by atoms with E-state index in [1.807, 2.05) is 11.8 Å². The maximum Gasteiger partial charge on any atom is 0.308 e. The molecule has 2 bridgehead atoms. The molecule has 8 atom stereocenters. The number of hydrogen-bond acceptors (Lipinski definition) is 7. The lowest BCUT2D eigenvalue weighted by Crippen LogP contribution is -2.70. The minimum Gasteiger partial charge on any atom is -0.435 e. The first kappa shape index (κ1) is 21.6. The largest absolute Gasteiger partial charge is 0.435 e. The van der Waals surface area contributed by atoms with Crippen LogP contribution in [0.25, 0.3) is 0 Å². The van der Waals surface area contributed by atoms with Gasteiger partial charge in [0.1, 0.15) is 0 Å². The van der Waals surface area contributed by atoms with Crippen LogP contribution in [0.4, 0.5) is 0 Å². The molecule has 8 heteroatoms. The summed E-state index contributed by atoms with van der Waals surface area (Å²) in [5.41, 5.74) is -0.665. The smallest absolute Gasteiger partial charge is 0.308 e. The van der Waals surface area contributed by atoms with Crippen LogP contribution in [0.5, 0.6) is 0 Å². The Hall–Kier alpha value is -1.22. The number of hydrogen-bond donors (Lipinski definition) is 0. The number of rotatable bonds is 4. The average Bonchev–Trinajstić information content (AvgIpc) is 3.19. The maximum absolute atomic E-state index is 12.6. The van der Waals surface area contributed by atoms with Crippen molar-refractivity contribution < 1.29 is 33.6 Å². The van der Waals surface area contributed by atoms with Crippen LogP contribution in [-0.2, 0) is 33.6 Å². The normalized spacial score (nSPS) is 46.4. The number of ether oxygens (including phenoxy) is 3. The number of carbonyl (C=O) groups excluding carboxylic acids is 2. The SMILES string of the molecule is C[C@H]1[C@H](OC(=O)CCC(=O)N2CCCC2)O[C@@H]2O[C@@]3(C)CC[C@H]4[C@H](C)CC[C@@H]1[C@@]24OO3. The molecule has 0 unspecified atom stereocenters. The molecule has 1 amide bonds. The fraction of sp³-hybridized carbons (Fsp3) is 0.913. The Bertz CT molecular complexity index is 725. The minimum atomic E-state index is -0.852. The van der Waals surface area contributed by atoms with E-state index >= 15 is 0 Å². The van der Waals surface area contributed by atoms with Crippen molar-refractivity contribution in [3.8, 4) is 0 Å². The van der Waals surface area contributed by atoms with Crippen molar-refractivity contribution in [3.63, 3.8) is 0 Å². The van der Waals surface area contributed by atoms with Gasteiger partial charge in [-0.05, 0) is 50.9 Å². The zero-order valence-corrected chi connectivity index (χ0v) is 18.8. The molecule has 8 nitrogen and oxygen atoms in total. The molecule has 1 saturated carbocycles. The standard InChI is InChI=1S/C23H35NO7/c1-14-6-7-17-15(2)20(27-19(26)9-8-18(25)24-12-4-5-13-24)28-21-23(17)16(14)10-11-22(3,29-21)30-31-23/h14-17,20-21H,4-13H2,1-3H3/t14-,15-,16+,17+,20-,21-,22-,23-/m1/s1. The molecule has 5 aliphatic heterocycles. The van der Waals surface area contributed by atoms with Crippen molar-refractivity contribution in [2.45, 2.75) is 96.1 Å². The summed E-state index contributed by atoms with van der Waals surface area (Å²) in [7, 11) is 0. The van der Waals surface area contributed by atoms with E-state index in [1.54, 1.807) is 0 Å². The van der Waals surface area contributed by atoms with Gasteiger partial charge in [0, 0.05) is 37.8 Å². The fourth-order valence-electron chi connectivity index (χ4n) is 6.53. The molecule has 31 heavy (non-hydrogen) atoms. The third-order valence-electron chi connectivity index (χ3n) is 8.35. The zero-order valence-electron chi connectivity index (χ0n) is 18.8. The van der Waals surface area contributed by atoms with E-state index in [2.05, 4.69) is 13.8 Å². The van der Waals surface area contributed by atoms with Crippen molar-refractivity contribution in [3.05, 3.63) is 0 Å². The van der Waals surface area contributed by atoms with Crippen LogP contribution in [-0.4, -0.2) is 53.8 Å². The monoisotopic (exact) mass is 437 g/mol. The van der Waals surface area contributed by atoms with Crippen molar-refractivity contribution in [2.75, 3.05) is 13.1 Å². The van der Waals surface area contributed by atoms with E-state index in [0.29, 0.717) is 5.92 Å². The Kier molecular flexibility index (Phi) is 5.56. The number of esters is 1. The third kappa shape index (κ3) is 3.59. The molecule has 6 rings (SSSR count). The van der Waals surface area contributed by atoms with Crippen LogP contribution < -0.4 is 0 Å². The fourth-order valence-corrected chi connectivity index (χ4v) is 6.53. The first-order valence-electron chi connectivity index (χ1n) is 12.0. The molecule has 0 N–H and O–H groups in total. The molecular formula is C23H35NO7. The molecule has 6 aliphatic rings. The van der Waals surface area contributed by atoms with Crippen LogP contribution >= 0.6 is 0 Å². The number of amides is 1. The third-order valence-corrected chi connectivity index (χ3v) is 8.35. The topological polar surface area (TPSA) is 83.5 Å². The molecule has 0 radical (unpaired) electrons. The Labute approximate surface area is 183 Å². The van der Waals surface area contributed by atoms with Crippen LogP contribution in [0.3, 0.4) is 0 Å². The second-order valence-corrected chi connectivity index (χ2v) is 10.4. The lowest BCUT2D eigenvalue weighted by molar-refractivity contribution is -0.576. The number of nitrogens with zero attached hydrogens (tertiary/aromatic N) is 1. The zero-order chi connectivity index (χ0) is 21.8. The molecule has 0 aromatic rings. The van der Waals surface area contributed by atoms with Gasteiger partial charge in [-0.1, -0.05) is 13.8 Å². The Balaban J connectivity index is 1.28. The second-order valence-electron chi connectivity index (χ2n) is 10.4. The van der Waals surface area contributed by atoms with Gasteiger partial charge in [0.15, 0.2) is 11.9 Å². The highest BCUT2D eigenvalue weighted by molar-refractivity contribution is 5.81. The Morgan fingerprint density at radius 1 is 1.03 bits per heavy atom. The van der Waals surface area contributed by atoms with Crippen molar-refractivity contribution in [1.29, 1.82) is 0 Å². The lowest BCUT2D eigenvalue weighted by atomic mass is 9.58. The van der Waals surface area contributed by atoms with Crippen molar-refractivity contribution in [1.82, 2.24) is 4.90 Å². The highest BCUT2D eigenvalue weighted by Crippen LogP contribution is 2.60. The molecule has 0 aromatic carbocycles. The van der Waals surface area contributed by atoms with E-state index in [9.17, 15) is 9.59 Å². The van der Waals surface area contributed by atoms with E-state index in [-0.39, 0.29) is 36.5 Å². The van der Waals surface area contributed by atoms with Crippen molar-refractivity contribution >= 4 is 11.9 Å².